The maximum Gasteiger partial charge on any atom is 0.193 e. The smallest absolute Gasteiger partial charge is 0.193 e. The van der Waals surface area contributed by atoms with E-state index in [1.54, 1.807) is 24.3 Å². The van der Waals surface area contributed by atoms with Crippen molar-refractivity contribution in [3.63, 3.8) is 0 Å². The summed E-state index contributed by atoms with van der Waals surface area (Å²) >= 11 is 7.99. The SMILES string of the molecule is CC.Cc1ccc(C(=O)c2cc(I)c(O)c(I)c2)cc1.O=C(c1ccc(F)cc1)c1cc(I)c(O)c(I)c1. The second kappa shape index (κ2) is 15.5. The molecule has 0 atom stereocenters. The van der Waals surface area contributed by atoms with Crippen molar-refractivity contribution in [1.29, 1.82) is 0 Å². The van der Waals surface area contributed by atoms with Gasteiger partial charge in [-0.1, -0.05) is 43.7 Å². The van der Waals surface area contributed by atoms with Gasteiger partial charge in [0.2, 0.25) is 0 Å². The number of aryl methyl sites for hydroxylation is 1. The number of phenols is 2. The van der Waals surface area contributed by atoms with Crippen LogP contribution in [0.25, 0.3) is 0 Å². The normalized spacial score (nSPS) is 10.0. The Kier molecular flexibility index (Phi) is 13.4. The van der Waals surface area contributed by atoms with Gasteiger partial charge in [-0.25, -0.2) is 4.39 Å². The lowest BCUT2D eigenvalue weighted by molar-refractivity contribution is 0.103. The zero-order chi connectivity index (χ0) is 28.6. The lowest BCUT2D eigenvalue weighted by atomic mass is 10.0. The van der Waals surface area contributed by atoms with Crippen molar-refractivity contribution in [3.8, 4) is 11.5 Å². The Morgan fingerprint density at radius 2 is 0.868 bits per heavy atom. The van der Waals surface area contributed by atoms with E-state index in [9.17, 15) is 24.2 Å². The molecule has 4 nitrogen and oxygen atoms in total. The zero-order valence-electron chi connectivity index (χ0n) is 20.5. The van der Waals surface area contributed by atoms with E-state index in [2.05, 4.69) is 0 Å². The van der Waals surface area contributed by atoms with Gasteiger partial charge in [0.25, 0.3) is 0 Å². The second-order valence-corrected chi connectivity index (χ2v) is 12.3. The van der Waals surface area contributed by atoms with Gasteiger partial charge in [-0.15, -0.1) is 0 Å². The van der Waals surface area contributed by atoms with Crippen molar-refractivity contribution in [1.82, 2.24) is 0 Å². The minimum absolute atomic E-state index is 0.0224. The number of rotatable bonds is 4. The van der Waals surface area contributed by atoms with Gasteiger partial charge in [0.1, 0.15) is 17.3 Å². The Morgan fingerprint density at radius 3 is 1.18 bits per heavy atom. The predicted octanol–water partition coefficient (Wildman–Crippen LogP) is 9.14. The first kappa shape index (κ1) is 32.9. The summed E-state index contributed by atoms with van der Waals surface area (Å²) in [6.07, 6.45) is 0. The van der Waals surface area contributed by atoms with Crippen molar-refractivity contribution in [2.45, 2.75) is 20.8 Å². The van der Waals surface area contributed by atoms with Gasteiger partial charge >= 0.3 is 0 Å². The first-order valence-corrected chi connectivity index (χ1v) is 15.6. The molecular weight excluding hydrogens is 939 g/mol. The van der Waals surface area contributed by atoms with Gasteiger partial charge in [-0.2, -0.15) is 0 Å². The van der Waals surface area contributed by atoms with Crippen LogP contribution in [0.2, 0.25) is 0 Å². The summed E-state index contributed by atoms with van der Waals surface area (Å²) in [5, 5.41) is 19.3. The highest BCUT2D eigenvalue weighted by molar-refractivity contribution is 14.1. The van der Waals surface area contributed by atoms with E-state index in [1.165, 1.54) is 24.3 Å². The summed E-state index contributed by atoms with van der Waals surface area (Å²) in [5.74, 6) is -0.179. The molecule has 0 amide bonds. The van der Waals surface area contributed by atoms with E-state index in [1.807, 2.05) is 135 Å². The van der Waals surface area contributed by atoms with Crippen LogP contribution in [0, 0.1) is 27.0 Å². The molecule has 0 aliphatic rings. The molecule has 0 radical (unpaired) electrons. The predicted molar refractivity (Wildman–Crippen MR) is 183 cm³/mol. The molecule has 0 fully saturated rings. The number of aromatic hydroxyl groups is 2. The van der Waals surface area contributed by atoms with E-state index in [-0.39, 0.29) is 28.9 Å². The molecule has 38 heavy (non-hydrogen) atoms. The van der Waals surface area contributed by atoms with Crippen LogP contribution in [0.5, 0.6) is 11.5 Å². The number of halogens is 5. The maximum atomic E-state index is 12.8. The molecule has 4 aromatic carbocycles. The number of carbonyl (C=O) groups excluding carboxylic acids is 2. The van der Waals surface area contributed by atoms with Crippen LogP contribution in [0.1, 0.15) is 51.3 Å². The number of hydrogen-bond donors (Lipinski definition) is 2. The number of phenolic OH excluding ortho intramolecular Hbond substituents is 2. The summed E-state index contributed by atoms with van der Waals surface area (Å²) < 4.78 is 15.4. The molecular formula is C29H23FI4O4. The Hall–Kier alpha value is -1.33. The molecule has 0 spiro atoms. The Balaban J connectivity index is 0.000000251. The van der Waals surface area contributed by atoms with Crippen LogP contribution >= 0.6 is 90.4 Å². The van der Waals surface area contributed by atoms with E-state index in [4.69, 9.17) is 0 Å². The molecule has 9 heteroatoms. The second-order valence-electron chi connectivity index (χ2n) is 7.61. The Bertz CT molecular complexity index is 1280. The fourth-order valence-corrected chi connectivity index (χ4v) is 6.57. The average Bonchev–Trinajstić information content (AvgIpc) is 2.91. The lowest BCUT2D eigenvalue weighted by Crippen LogP contribution is -2.02. The number of benzene rings is 4. The minimum Gasteiger partial charge on any atom is -0.506 e. The number of ketones is 2. The van der Waals surface area contributed by atoms with Crippen LogP contribution in [0.3, 0.4) is 0 Å². The fraction of sp³-hybridized carbons (Fsp3) is 0.103. The van der Waals surface area contributed by atoms with Gasteiger partial charge in [-0.05, 0) is 146 Å². The van der Waals surface area contributed by atoms with Gasteiger partial charge in [0, 0.05) is 22.3 Å². The highest BCUT2D eigenvalue weighted by Crippen LogP contribution is 2.29. The molecule has 4 rings (SSSR count). The van der Waals surface area contributed by atoms with E-state index >= 15 is 0 Å². The summed E-state index contributed by atoms with van der Waals surface area (Å²) in [6.45, 7) is 5.99. The molecule has 0 aromatic heterocycles. The Morgan fingerprint density at radius 1 is 0.579 bits per heavy atom. The highest BCUT2D eigenvalue weighted by Gasteiger charge is 2.14. The van der Waals surface area contributed by atoms with Gasteiger partial charge in [0.05, 0.1) is 14.3 Å². The van der Waals surface area contributed by atoms with Crippen molar-refractivity contribution in [2.75, 3.05) is 0 Å². The van der Waals surface area contributed by atoms with Crippen molar-refractivity contribution < 1.29 is 24.2 Å². The van der Waals surface area contributed by atoms with Crippen LogP contribution in [0.15, 0.2) is 72.8 Å². The molecule has 0 aliphatic heterocycles. The molecule has 198 valence electrons. The molecule has 0 aliphatic carbocycles. The minimum atomic E-state index is -0.374. The molecule has 2 N–H and O–H groups in total. The molecule has 0 saturated heterocycles. The largest absolute Gasteiger partial charge is 0.506 e. The quantitative estimate of drug-likeness (QED) is 0.158. The lowest BCUT2D eigenvalue weighted by Gasteiger charge is -2.06. The highest BCUT2D eigenvalue weighted by atomic mass is 127. The van der Waals surface area contributed by atoms with Crippen LogP contribution < -0.4 is 0 Å². The first-order chi connectivity index (χ1) is 18.0. The summed E-state index contributed by atoms with van der Waals surface area (Å²) in [6, 6.07) is 19.5. The van der Waals surface area contributed by atoms with E-state index in [0.717, 1.165) is 5.56 Å². The van der Waals surface area contributed by atoms with Crippen LogP contribution in [-0.4, -0.2) is 21.8 Å². The summed E-state index contributed by atoms with van der Waals surface area (Å²) in [4.78, 5) is 24.4. The van der Waals surface area contributed by atoms with Crippen LogP contribution in [0.4, 0.5) is 4.39 Å². The van der Waals surface area contributed by atoms with Crippen molar-refractivity contribution in [3.05, 3.63) is 121 Å². The average molecular weight is 962 g/mol. The molecule has 0 unspecified atom stereocenters. The van der Waals surface area contributed by atoms with Gasteiger partial charge in [0.15, 0.2) is 11.6 Å². The number of hydrogen-bond acceptors (Lipinski definition) is 4. The fourth-order valence-electron chi connectivity index (χ4n) is 3.03. The van der Waals surface area contributed by atoms with E-state index in [0.29, 0.717) is 36.5 Å². The third-order valence-electron chi connectivity index (χ3n) is 4.98. The Labute approximate surface area is 276 Å². The van der Waals surface area contributed by atoms with E-state index < -0.39 is 0 Å². The number of carbonyl (C=O) groups is 2. The molecule has 0 bridgehead atoms. The molecule has 0 heterocycles. The van der Waals surface area contributed by atoms with Crippen molar-refractivity contribution in [2.24, 2.45) is 0 Å². The summed E-state index contributed by atoms with van der Waals surface area (Å²) in [5.41, 5.74) is 3.30. The van der Waals surface area contributed by atoms with Gasteiger partial charge in [-0.3, -0.25) is 9.59 Å². The van der Waals surface area contributed by atoms with Crippen LogP contribution in [-0.2, 0) is 0 Å². The third kappa shape index (κ3) is 8.84. The third-order valence-corrected chi connectivity index (χ3v) is 8.27. The topological polar surface area (TPSA) is 74.6 Å². The summed E-state index contributed by atoms with van der Waals surface area (Å²) in [7, 11) is 0. The molecule has 0 saturated carbocycles. The monoisotopic (exact) mass is 962 g/mol. The standard InChI is InChI=1S/C14H10I2O2.C13H7FI2O2.C2H6/c1-8-2-4-9(5-3-8)13(17)10-6-11(15)14(18)12(16)7-10;14-9-3-1-7(2-4-9)12(17)8-5-10(15)13(18)11(16)6-8;1-2/h2-7,18H,1H3;1-6,18H;1-2H3. The maximum absolute atomic E-state index is 12.8. The van der Waals surface area contributed by atoms with Gasteiger partial charge < -0.3 is 10.2 Å². The zero-order valence-corrected chi connectivity index (χ0v) is 29.2. The molecule has 4 aromatic rings. The first-order valence-electron chi connectivity index (χ1n) is 11.3. The van der Waals surface area contributed by atoms with Crippen molar-refractivity contribution >= 4 is 102 Å².